The van der Waals surface area contributed by atoms with E-state index in [4.69, 9.17) is 4.98 Å². The number of rotatable bonds is 2. The molecular weight excluding hydrogens is 246 g/mol. The number of hydrogen-bond donors (Lipinski definition) is 1. The van der Waals surface area contributed by atoms with Crippen molar-refractivity contribution in [2.24, 2.45) is 0 Å². The predicted molar refractivity (Wildman–Crippen MR) is 78.7 cm³/mol. The topological polar surface area (TPSA) is 28.2 Å². The number of anilines is 1. The van der Waals surface area contributed by atoms with Crippen LogP contribution in [0, 0.1) is 0 Å². The summed E-state index contributed by atoms with van der Waals surface area (Å²) in [6.07, 6.45) is 1.20. The Morgan fingerprint density at radius 2 is 2.06 bits per heavy atom. The maximum absolute atomic E-state index is 4.72. The third kappa shape index (κ3) is 2.42. The molecule has 2 aromatic rings. The Balaban J connectivity index is 0.00000120. The van der Waals surface area contributed by atoms with Crippen LogP contribution < -0.4 is 10.2 Å². The van der Waals surface area contributed by atoms with Gasteiger partial charge in [0.1, 0.15) is 5.82 Å². The van der Waals surface area contributed by atoms with Crippen LogP contribution in [0.15, 0.2) is 36.4 Å². The zero-order chi connectivity index (χ0) is 11.7. The Hall–Kier alpha value is -1.32. The first kappa shape index (κ1) is 13.1. The number of para-hydroxylation sites is 1. The molecule has 3 nitrogen and oxygen atoms in total. The molecule has 1 aromatic heterocycles. The van der Waals surface area contributed by atoms with E-state index < -0.39 is 0 Å². The van der Waals surface area contributed by atoms with Gasteiger partial charge in [-0.15, -0.1) is 12.4 Å². The van der Waals surface area contributed by atoms with Gasteiger partial charge in [-0.1, -0.05) is 18.2 Å². The number of benzene rings is 1. The molecular formula is C14H18ClN3. The molecule has 0 saturated carbocycles. The minimum Gasteiger partial charge on any atom is -0.355 e. The first-order valence-corrected chi connectivity index (χ1v) is 6.14. The summed E-state index contributed by atoms with van der Waals surface area (Å²) in [5.74, 6) is 1.07. The zero-order valence-corrected chi connectivity index (χ0v) is 11.3. The fourth-order valence-corrected chi connectivity index (χ4v) is 2.41. The maximum Gasteiger partial charge on any atom is 0.129 e. The molecule has 0 bridgehead atoms. The maximum atomic E-state index is 4.72. The van der Waals surface area contributed by atoms with Crippen molar-refractivity contribution in [3.63, 3.8) is 0 Å². The summed E-state index contributed by atoms with van der Waals surface area (Å²) in [6.45, 7) is 2.17. The zero-order valence-electron chi connectivity index (χ0n) is 10.5. The average molecular weight is 264 g/mol. The summed E-state index contributed by atoms with van der Waals surface area (Å²) in [4.78, 5) is 7.00. The minimum atomic E-state index is 0. The number of likely N-dealkylation sites (N-methyl/N-ethyl adjacent to an activating group) is 1. The fraction of sp³-hybridized carbons (Fsp3) is 0.357. The number of aromatic nitrogens is 1. The first-order chi connectivity index (χ1) is 8.34. The standard InChI is InChI=1S/C14H17N3.ClH/c1-17(12-8-9-15-10-12)14-7-6-11-4-2-3-5-13(11)16-14;/h2-7,12,15H,8-10H2,1H3;1H/t12-;/m1./s1. The van der Waals surface area contributed by atoms with E-state index in [9.17, 15) is 0 Å². The summed E-state index contributed by atoms with van der Waals surface area (Å²) in [7, 11) is 2.13. The number of fused-ring (bicyclic) bond motifs is 1. The summed E-state index contributed by atoms with van der Waals surface area (Å²) in [6, 6.07) is 13.1. The molecule has 0 spiro atoms. The van der Waals surface area contributed by atoms with Crippen LogP contribution in [0.1, 0.15) is 6.42 Å². The normalized spacial score (nSPS) is 18.6. The summed E-state index contributed by atoms with van der Waals surface area (Å²) in [5, 5.41) is 4.59. The number of hydrogen-bond acceptors (Lipinski definition) is 3. The lowest BCUT2D eigenvalue weighted by molar-refractivity contribution is 0.679. The van der Waals surface area contributed by atoms with Crippen LogP contribution in [0.5, 0.6) is 0 Å². The van der Waals surface area contributed by atoms with E-state index in [1.807, 2.05) is 12.1 Å². The van der Waals surface area contributed by atoms with Gasteiger partial charge >= 0.3 is 0 Å². The minimum absolute atomic E-state index is 0. The second-order valence-corrected chi connectivity index (χ2v) is 4.62. The van der Waals surface area contributed by atoms with Crippen molar-refractivity contribution in [1.82, 2.24) is 10.3 Å². The van der Waals surface area contributed by atoms with Crippen molar-refractivity contribution in [3.8, 4) is 0 Å². The van der Waals surface area contributed by atoms with Crippen molar-refractivity contribution in [2.45, 2.75) is 12.5 Å². The lowest BCUT2D eigenvalue weighted by Crippen LogP contribution is -2.33. The van der Waals surface area contributed by atoms with Crippen molar-refractivity contribution in [1.29, 1.82) is 0 Å². The Morgan fingerprint density at radius 1 is 1.22 bits per heavy atom. The molecule has 1 aliphatic heterocycles. The van der Waals surface area contributed by atoms with Crippen LogP contribution in [-0.2, 0) is 0 Å². The van der Waals surface area contributed by atoms with Gasteiger partial charge in [-0.3, -0.25) is 0 Å². The van der Waals surface area contributed by atoms with Gasteiger partial charge in [0, 0.05) is 25.0 Å². The monoisotopic (exact) mass is 263 g/mol. The Labute approximate surface area is 114 Å². The molecule has 0 amide bonds. The summed E-state index contributed by atoms with van der Waals surface area (Å²) >= 11 is 0. The van der Waals surface area contributed by atoms with Crippen molar-refractivity contribution >= 4 is 29.1 Å². The SMILES string of the molecule is CN(c1ccc2ccccc2n1)[C@@H]1CCNC1.Cl. The largest absolute Gasteiger partial charge is 0.355 e. The molecule has 0 aliphatic carbocycles. The molecule has 1 aromatic carbocycles. The van der Waals surface area contributed by atoms with Crippen LogP contribution in [0.2, 0.25) is 0 Å². The van der Waals surface area contributed by atoms with Crippen LogP contribution in [0.3, 0.4) is 0 Å². The van der Waals surface area contributed by atoms with E-state index >= 15 is 0 Å². The number of nitrogens with zero attached hydrogens (tertiary/aromatic N) is 2. The summed E-state index contributed by atoms with van der Waals surface area (Å²) < 4.78 is 0. The van der Waals surface area contributed by atoms with Gasteiger partial charge in [0.2, 0.25) is 0 Å². The molecule has 1 aliphatic rings. The number of halogens is 1. The highest BCUT2D eigenvalue weighted by molar-refractivity contribution is 5.85. The highest BCUT2D eigenvalue weighted by atomic mass is 35.5. The van der Waals surface area contributed by atoms with E-state index in [0.29, 0.717) is 6.04 Å². The van der Waals surface area contributed by atoms with Gasteiger partial charge in [-0.25, -0.2) is 4.98 Å². The van der Waals surface area contributed by atoms with Crippen molar-refractivity contribution in [3.05, 3.63) is 36.4 Å². The highest BCUT2D eigenvalue weighted by Gasteiger charge is 2.20. The van der Waals surface area contributed by atoms with Gasteiger partial charge in [0.05, 0.1) is 5.52 Å². The van der Waals surface area contributed by atoms with E-state index in [0.717, 1.165) is 24.4 Å². The van der Waals surface area contributed by atoms with E-state index in [1.165, 1.54) is 11.8 Å². The molecule has 4 heteroatoms. The molecule has 3 rings (SSSR count). The van der Waals surface area contributed by atoms with Gasteiger partial charge < -0.3 is 10.2 Å². The van der Waals surface area contributed by atoms with E-state index in [2.05, 4.69) is 41.5 Å². The molecule has 1 saturated heterocycles. The molecule has 2 heterocycles. The third-order valence-corrected chi connectivity index (χ3v) is 3.53. The van der Waals surface area contributed by atoms with Crippen LogP contribution >= 0.6 is 12.4 Å². The quantitative estimate of drug-likeness (QED) is 0.902. The van der Waals surface area contributed by atoms with Crippen molar-refractivity contribution < 1.29 is 0 Å². The van der Waals surface area contributed by atoms with Gasteiger partial charge in [0.15, 0.2) is 0 Å². The Bertz CT molecular complexity index is 523. The van der Waals surface area contributed by atoms with Gasteiger partial charge in [0.25, 0.3) is 0 Å². The molecule has 1 atom stereocenters. The Kier molecular flexibility index (Phi) is 4.04. The van der Waals surface area contributed by atoms with E-state index in [1.54, 1.807) is 0 Å². The average Bonchev–Trinajstić information content (AvgIpc) is 2.91. The molecule has 96 valence electrons. The smallest absolute Gasteiger partial charge is 0.129 e. The lowest BCUT2D eigenvalue weighted by Gasteiger charge is -2.25. The molecule has 0 unspecified atom stereocenters. The highest BCUT2D eigenvalue weighted by Crippen LogP contribution is 2.20. The summed E-state index contributed by atoms with van der Waals surface area (Å²) in [5.41, 5.74) is 1.07. The fourth-order valence-electron chi connectivity index (χ4n) is 2.41. The Morgan fingerprint density at radius 3 is 2.83 bits per heavy atom. The number of pyridine rings is 1. The van der Waals surface area contributed by atoms with Gasteiger partial charge in [-0.2, -0.15) is 0 Å². The predicted octanol–water partition coefficient (Wildman–Crippen LogP) is 2.45. The van der Waals surface area contributed by atoms with Crippen LogP contribution in [0.4, 0.5) is 5.82 Å². The van der Waals surface area contributed by atoms with Crippen LogP contribution in [-0.4, -0.2) is 31.2 Å². The van der Waals surface area contributed by atoms with Crippen molar-refractivity contribution in [2.75, 3.05) is 25.0 Å². The van der Waals surface area contributed by atoms with Crippen LogP contribution in [0.25, 0.3) is 10.9 Å². The lowest BCUT2D eigenvalue weighted by atomic mass is 10.2. The third-order valence-electron chi connectivity index (χ3n) is 3.53. The second kappa shape index (κ2) is 5.55. The number of nitrogens with one attached hydrogen (secondary N) is 1. The molecule has 18 heavy (non-hydrogen) atoms. The second-order valence-electron chi connectivity index (χ2n) is 4.62. The first-order valence-electron chi connectivity index (χ1n) is 6.14. The van der Waals surface area contributed by atoms with Gasteiger partial charge in [-0.05, 0) is 31.2 Å². The molecule has 0 radical (unpaired) electrons. The van der Waals surface area contributed by atoms with E-state index in [-0.39, 0.29) is 12.4 Å². The molecule has 1 fully saturated rings. The molecule has 1 N–H and O–H groups in total.